The van der Waals surface area contributed by atoms with Gasteiger partial charge in [0.05, 0.1) is 28.1 Å². The summed E-state index contributed by atoms with van der Waals surface area (Å²) in [6.45, 7) is 11.0. The van der Waals surface area contributed by atoms with Crippen molar-refractivity contribution in [2.24, 2.45) is 0 Å². The highest BCUT2D eigenvalue weighted by Crippen LogP contribution is 2.48. The molecule has 1 aliphatic rings. The van der Waals surface area contributed by atoms with Crippen molar-refractivity contribution in [3.8, 4) is 28.4 Å². The van der Waals surface area contributed by atoms with Gasteiger partial charge in [0.1, 0.15) is 29.8 Å². The summed E-state index contributed by atoms with van der Waals surface area (Å²) in [5, 5.41) is 2.27. The Kier molecular flexibility index (Phi) is 8.13. The Morgan fingerprint density at radius 2 is 1.36 bits per heavy atom. The smallest absolute Gasteiger partial charge is 0.137 e. The second kappa shape index (κ2) is 13.5. The molecule has 0 radical (unpaired) electrons. The van der Waals surface area contributed by atoms with Gasteiger partial charge in [-0.25, -0.2) is 9.37 Å². The standard InChI is InChI=1S/C49H43FN4O/c1-32(2)34-26-37(52-31-53(46-17-11-10-16-45(46)52)43-14-8-6-12-40(43)33-18-20-36(50)21-19-33)29-39(27-34)55-38-22-23-42-41-13-7-9-15-44(41)54(47(42)30-38)48-28-35(24-25-51-48)49(3,4)5/h6-30,32H,31H2,1-5H3/i32D. The fraction of sp³-hybridized carbons (Fsp3) is 0.163. The van der Waals surface area contributed by atoms with Crippen molar-refractivity contribution in [3.05, 3.63) is 169 Å². The summed E-state index contributed by atoms with van der Waals surface area (Å²) in [5.41, 5.74) is 10.1. The van der Waals surface area contributed by atoms with Gasteiger partial charge in [0.15, 0.2) is 0 Å². The van der Waals surface area contributed by atoms with Crippen LogP contribution in [0.15, 0.2) is 152 Å². The second-order valence-corrected chi connectivity index (χ2v) is 15.5. The van der Waals surface area contributed by atoms with Gasteiger partial charge in [0.2, 0.25) is 0 Å². The monoisotopic (exact) mass is 723 g/mol. The molecule has 2 aromatic heterocycles. The first-order chi connectivity index (χ1) is 26.9. The van der Waals surface area contributed by atoms with Gasteiger partial charge in [0, 0.05) is 41.7 Å². The average molecular weight is 724 g/mol. The van der Waals surface area contributed by atoms with Gasteiger partial charge < -0.3 is 14.5 Å². The molecule has 3 heterocycles. The number of pyridine rings is 1. The number of rotatable bonds is 7. The van der Waals surface area contributed by atoms with Gasteiger partial charge in [-0.2, -0.15) is 0 Å². The van der Waals surface area contributed by atoms with Gasteiger partial charge in [-0.3, -0.25) is 4.57 Å². The number of hydrogen-bond donors (Lipinski definition) is 0. The van der Waals surface area contributed by atoms with Crippen LogP contribution in [0.5, 0.6) is 11.5 Å². The molecule has 0 aliphatic carbocycles. The highest BCUT2D eigenvalue weighted by Gasteiger charge is 2.30. The third-order valence-corrected chi connectivity index (χ3v) is 10.6. The third kappa shape index (κ3) is 6.27. The molecule has 1 aliphatic heterocycles. The highest BCUT2D eigenvalue weighted by atomic mass is 19.1. The van der Waals surface area contributed by atoms with E-state index in [1.54, 1.807) is 0 Å². The number of fused-ring (bicyclic) bond motifs is 4. The van der Waals surface area contributed by atoms with Crippen LogP contribution in [0.25, 0.3) is 38.8 Å². The summed E-state index contributed by atoms with van der Waals surface area (Å²) < 4.78 is 32.0. The van der Waals surface area contributed by atoms with Crippen molar-refractivity contribution >= 4 is 44.6 Å². The minimum atomic E-state index is -0.887. The Morgan fingerprint density at radius 3 is 2.13 bits per heavy atom. The first-order valence-electron chi connectivity index (χ1n) is 19.2. The van der Waals surface area contributed by atoms with E-state index < -0.39 is 5.89 Å². The van der Waals surface area contributed by atoms with Gasteiger partial charge in [-0.05, 0) is 101 Å². The lowest BCUT2D eigenvalue weighted by Crippen LogP contribution is -2.24. The quantitative estimate of drug-likeness (QED) is 0.164. The van der Waals surface area contributed by atoms with Crippen LogP contribution in [0.1, 0.15) is 53.0 Å². The van der Waals surface area contributed by atoms with Crippen molar-refractivity contribution in [2.45, 2.75) is 45.9 Å². The molecule has 0 N–H and O–H groups in total. The van der Waals surface area contributed by atoms with E-state index in [1.807, 2.05) is 56.4 Å². The molecule has 0 saturated carbocycles. The van der Waals surface area contributed by atoms with Gasteiger partial charge in [-0.1, -0.05) is 95.3 Å². The Hall–Kier alpha value is -6.40. The predicted molar refractivity (Wildman–Crippen MR) is 225 cm³/mol. The van der Waals surface area contributed by atoms with E-state index in [0.29, 0.717) is 18.2 Å². The number of aromatic nitrogens is 2. The molecule has 0 fully saturated rings. The zero-order chi connectivity index (χ0) is 38.8. The molecule has 0 atom stereocenters. The predicted octanol–water partition coefficient (Wildman–Crippen LogP) is 13.4. The van der Waals surface area contributed by atoms with Crippen LogP contribution in [0.3, 0.4) is 0 Å². The molecule has 6 heteroatoms. The first kappa shape index (κ1) is 33.2. The number of benzene rings is 6. The molecule has 5 nitrogen and oxygen atoms in total. The summed E-state index contributed by atoms with van der Waals surface area (Å²) in [6.07, 6.45) is 1.89. The Balaban J connectivity index is 1.13. The summed E-state index contributed by atoms with van der Waals surface area (Å²) >= 11 is 0. The number of nitrogens with zero attached hydrogens (tertiary/aromatic N) is 4. The molecule has 0 saturated heterocycles. The van der Waals surface area contributed by atoms with E-state index in [9.17, 15) is 4.39 Å². The summed E-state index contributed by atoms with van der Waals surface area (Å²) in [6, 6.07) is 48.4. The van der Waals surface area contributed by atoms with Crippen LogP contribution in [0.2, 0.25) is 0 Å². The van der Waals surface area contributed by atoms with E-state index in [0.717, 1.165) is 67.1 Å². The molecule has 6 aromatic carbocycles. The van der Waals surface area contributed by atoms with E-state index in [-0.39, 0.29) is 11.2 Å². The van der Waals surface area contributed by atoms with Crippen molar-refractivity contribution < 1.29 is 10.5 Å². The number of ether oxygens (including phenoxy) is 1. The van der Waals surface area contributed by atoms with Crippen molar-refractivity contribution in [1.82, 2.24) is 9.55 Å². The highest BCUT2D eigenvalue weighted by molar-refractivity contribution is 6.09. The SMILES string of the molecule is [2H]C(C)(C)c1cc(Oc2ccc3c4ccccc4n(-c4cc(C(C)(C)C)ccn4)c3c2)cc(N2CN(c3ccccc3-c3ccc(F)cc3)c3ccccc32)c1. The van der Waals surface area contributed by atoms with Crippen LogP contribution < -0.4 is 14.5 Å². The maximum absolute atomic E-state index is 13.9. The van der Waals surface area contributed by atoms with Crippen LogP contribution in [-0.4, -0.2) is 16.2 Å². The number of hydrogen-bond acceptors (Lipinski definition) is 4. The summed E-state index contributed by atoms with van der Waals surface area (Å²) in [7, 11) is 0. The van der Waals surface area contributed by atoms with Gasteiger partial charge in [0.25, 0.3) is 0 Å². The molecule has 272 valence electrons. The van der Waals surface area contributed by atoms with Gasteiger partial charge >= 0.3 is 0 Å². The summed E-state index contributed by atoms with van der Waals surface area (Å²) in [5.74, 6) is 1.05. The molecule has 0 amide bonds. The lowest BCUT2D eigenvalue weighted by molar-refractivity contribution is 0.482. The second-order valence-electron chi connectivity index (χ2n) is 15.5. The number of halogens is 1. The Morgan fingerprint density at radius 1 is 0.673 bits per heavy atom. The van der Waals surface area contributed by atoms with Crippen LogP contribution >= 0.6 is 0 Å². The Labute approximate surface area is 323 Å². The minimum absolute atomic E-state index is 0.0298. The van der Waals surface area contributed by atoms with E-state index >= 15 is 0 Å². The van der Waals surface area contributed by atoms with Crippen molar-refractivity contribution in [1.29, 1.82) is 0 Å². The fourth-order valence-corrected chi connectivity index (χ4v) is 7.71. The topological polar surface area (TPSA) is 33.5 Å². The molecule has 0 unspecified atom stereocenters. The molecule has 0 bridgehead atoms. The van der Waals surface area contributed by atoms with E-state index in [1.165, 1.54) is 17.7 Å². The molecular formula is C49H43FN4O. The lowest BCUT2D eigenvalue weighted by atomic mass is 9.88. The maximum atomic E-state index is 13.9. The van der Waals surface area contributed by atoms with Crippen LogP contribution in [0.4, 0.5) is 27.1 Å². The number of para-hydroxylation sites is 4. The zero-order valence-corrected chi connectivity index (χ0v) is 31.7. The van der Waals surface area contributed by atoms with Crippen LogP contribution in [-0.2, 0) is 5.41 Å². The van der Waals surface area contributed by atoms with Crippen LogP contribution in [0, 0.1) is 5.82 Å². The number of anilines is 4. The lowest BCUT2D eigenvalue weighted by Gasteiger charge is -2.25. The Bertz CT molecular complexity index is 2760. The van der Waals surface area contributed by atoms with E-state index in [4.69, 9.17) is 11.1 Å². The third-order valence-electron chi connectivity index (χ3n) is 10.6. The summed E-state index contributed by atoms with van der Waals surface area (Å²) in [4.78, 5) is 9.42. The normalized spacial score (nSPS) is 13.4. The van der Waals surface area contributed by atoms with Crippen molar-refractivity contribution in [3.63, 3.8) is 0 Å². The van der Waals surface area contributed by atoms with Crippen molar-refractivity contribution in [2.75, 3.05) is 16.5 Å². The fourth-order valence-electron chi connectivity index (χ4n) is 7.71. The molecule has 55 heavy (non-hydrogen) atoms. The largest absolute Gasteiger partial charge is 0.457 e. The average Bonchev–Trinajstić information content (AvgIpc) is 3.74. The zero-order valence-electron chi connectivity index (χ0n) is 32.7. The van der Waals surface area contributed by atoms with E-state index in [2.05, 4.69) is 132 Å². The molecule has 0 spiro atoms. The minimum Gasteiger partial charge on any atom is -0.457 e. The molecular weight excluding hydrogens is 680 g/mol. The first-order valence-corrected chi connectivity index (χ1v) is 18.7. The maximum Gasteiger partial charge on any atom is 0.137 e. The molecule has 9 rings (SSSR count). The molecule has 8 aromatic rings. The van der Waals surface area contributed by atoms with Gasteiger partial charge in [-0.15, -0.1) is 0 Å².